The van der Waals surface area contributed by atoms with Crippen molar-refractivity contribution in [2.75, 3.05) is 0 Å². The molecule has 0 fully saturated rings. The molecule has 0 spiro atoms. The number of hydrogen-bond donors (Lipinski definition) is 1. The highest BCUT2D eigenvalue weighted by molar-refractivity contribution is 6.46. The number of carbonyl (C=O) groups excluding carboxylic acids is 2. The highest BCUT2D eigenvalue weighted by Crippen LogP contribution is 2.40. The molecule has 27 heavy (non-hydrogen) atoms. The molecule has 2 aromatic rings. The van der Waals surface area contributed by atoms with Gasteiger partial charge in [-0.2, -0.15) is 0 Å². The van der Waals surface area contributed by atoms with Gasteiger partial charge in [-0.05, 0) is 25.5 Å². The van der Waals surface area contributed by atoms with E-state index in [0.29, 0.717) is 0 Å². The van der Waals surface area contributed by atoms with Crippen molar-refractivity contribution < 1.29 is 29.0 Å². The van der Waals surface area contributed by atoms with Gasteiger partial charge in [0.25, 0.3) is 0 Å². The second-order valence-electron chi connectivity index (χ2n) is 5.63. The first-order valence-corrected chi connectivity index (χ1v) is 8.60. The highest BCUT2D eigenvalue weighted by Gasteiger charge is 2.27. The van der Waals surface area contributed by atoms with Crippen LogP contribution in [0, 0.1) is 13.8 Å². The Morgan fingerprint density at radius 1 is 0.963 bits per heavy atom. The van der Waals surface area contributed by atoms with Gasteiger partial charge in [-0.15, -0.1) is 0 Å². The Labute approximate surface area is 169 Å². The van der Waals surface area contributed by atoms with Crippen LogP contribution in [0.1, 0.15) is 27.0 Å². The first-order valence-electron chi connectivity index (χ1n) is 7.47. The summed E-state index contributed by atoms with van der Waals surface area (Å²) in [6.45, 7) is 3.71. The van der Waals surface area contributed by atoms with E-state index in [1.54, 1.807) is 0 Å². The molecule has 6 nitrogen and oxygen atoms in total. The van der Waals surface area contributed by atoms with Gasteiger partial charge in [-0.25, -0.2) is 14.4 Å². The van der Waals surface area contributed by atoms with E-state index in [2.05, 4.69) is 4.74 Å². The lowest BCUT2D eigenvalue weighted by Gasteiger charge is -2.13. The Hall–Kier alpha value is -2.28. The lowest BCUT2D eigenvalue weighted by atomic mass is 10.1. The van der Waals surface area contributed by atoms with Gasteiger partial charge in [0, 0.05) is 0 Å². The molecule has 0 saturated carbocycles. The third-order valence-electron chi connectivity index (χ3n) is 3.35. The average molecular weight is 432 g/mol. The Kier molecular flexibility index (Phi) is 6.70. The largest absolute Gasteiger partial charge is 0.473 e. The zero-order valence-electron chi connectivity index (χ0n) is 14.1. The highest BCUT2D eigenvalue weighted by atomic mass is 35.5. The molecule has 0 unspecified atom stereocenters. The fourth-order valence-corrected chi connectivity index (χ4v) is 3.09. The van der Waals surface area contributed by atoms with Crippen molar-refractivity contribution in [1.29, 1.82) is 0 Å². The molecule has 0 radical (unpaired) electrons. The van der Waals surface area contributed by atoms with Crippen LogP contribution in [0.25, 0.3) is 0 Å². The third-order valence-corrected chi connectivity index (χ3v) is 4.42. The molecule has 0 aliphatic heterocycles. The molecule has 2 rings (SSSR count). The summed E-state index contributed by atoms with van der Waals surface area (Å²) in [5.74, 6) is -5.02. The Bertz CT molecular complexity index is 919. The maximum Gasteiger partial charge on any atom is 0.422 e. The number of hydrogen-bond acceptors (Lipinski definition) is 5. The summed E-state index contributed by atoms with van der Waals surface area (Å²) in [6, 6.07) is 6.75. The van der Waals surface area contributed by atoms with Gasteiger partial charge in [0.05, 0.1) is 15.1 Å². The number of benzene rings is 2. The van der Waals surface area contributed by atoms with Crippen LogP contribution in [-0.4, -0.2) is 23.0 Å². The smallest absolute Gasteiger partial charge is 0.422 e. The van der Waals surface area contributed by atoms with E-state index in [0.717, 1.165) is 22.8 Å². The van der Waals surface area contributed by atoms with Gasteiger partial charge in [-0.3, -0.25) is 0 Å². The molecule has 9 heteroatoms. The zero-order valence-corrected chi connectivity index (χ0v) is 16.4. The van der Waals surface area contributed by atoms with Crippen molar-refractivity contribution >= 4 is 52.7 Å². The normalized spacial score (nSPS) is 10.4. The SMILES string of the molecule is Cc1cc(C)cc(COC(=O)c2c(Cl)c(Cl)cc(Cl)c2OC(=O)C(=O)O)c1. The van der Waals surface area contributed by atoms with Crippen LogP contribution in [0.15, 0.2) is 24.3 Å². The van der Waals surface area contributed by atoms with E-state index in [1.807, 2.05) is 32.0 Å². The van der Waals surface area contributed by atoms with Crippen LogP contribution in [-0.2, 0) is 20.9 Å². The Morgan fingerprint density at radius 3 is 2.11 bits per heavy atom. The maximum atomic E-state index is 12.5. The summed E-state index contributed by atoms with van der Waals surface area (Å²) < 4.78 is 9.89. The third kappa shape index (κ3) is 5.13. The molecule has 0 saturated heterocycles. The molecule has 1 N–H and O–H groups in total. The van der Waals surface area contributed by atoms with Crippen molar-refractivity contribution in [2.24, 2.45) is 0 Å². The van der Waals surface area contributed by atoms with Gasteiger partial charge >= 0.3 is 17.9 Å². The molecule has 0 heterocycles. The number of carbonyl (C=O) groups is 3. The summed E-state index contributed by atoms with van der Waals surface area (Å²) >= 11 is 17.9. The Morgan fingerprint density at radius 2 is 1.56 bits per heavy atom. The summed E-state index contributed by atoms with van der Waals surface area (Å²) in [4.78, 5) is 34.6. The molecule has 0 atom stereocenters. The topological polar surface area (TPSA) is 89.9 Å². The minimum atomic E-state index is -1.87. The number of aliphatic carboxylic acids is 1. The van der Waals surface area contributed by atoms with Crippen molar-refractivity contribution in [3.63, 3.8) is 0 Å². The molecule has 0 aliphatic rings. The van der Waals surface area contributed by atoms with Crippen LogP contribution in [0.5, 0.6) is 5.75 Å². The van der Waals surface area contributed by atoms with Crippen molar-refractivity contribution in [3.05, 3.63) is 61.6 Å². The zero-order chi connectivity index (χ0) is 20.3. The molecule has 0 aromatic heterocycles. The number of carboxylic acid groups (broad SMARTS) is 1. The van der Waals surface area contributed by atoms with Crippen molar-refractivity contribution in [3.8, 4) is 5.75 Å². The number of halogens is 3. The molecular formula is C18H13Cl3O6. The second kappa shape index (κ2) is 8.61. The molecular weight excluding hydrogens is 419 g/mol. The molecule has 0 bridgehead atoms. The average Bonchev–Trinajstić information content (AvgIpc) is 2.56. The van der Waals surface area contributed by atoms with Gasteiger partial charge in [-0.1, -0.05) is 64.1 Å². The van der Waals surface area contributed by atoms with E-state index in [1.165, 1.54) is 0 Å². The first-order chi connectivity index (χ1) is 12.6. The van der Waals surface area contributed by atoms with E-state index >= 15 is 0 Å². The second-order valence-corrected chi connectivity index (χ2v) is 6.82. The fourth-order valence-electron chi connectivity index (χ4n) is 2.37. The van der Waals surface area contributed by atoms with Gasteiger partial charge < -0.3 is 14.6 Å². The Balaban J connectivity index is 2.35. The lowest BCUT2D eigenvalue weighted by Crippen LogP contribution is -2.21. The van der Waals surface area contributed by atoms with E-state index in [4.69, 9.17) is 44.6 Å². The summed E-state index contributed by atoms with van der Waals surface area (Å²) in [5, 5.41) is 8.07. The number of carboxylic acids is 1. The summed E-state index contributed by atoms with van der Waals surface area (Å²) in [6.07, 6.45) is 0. The van der Waals surface area contributed by atoms with Crippen molar-refractivity contribution in [2.45, 2.75) is 20.5 Å². The van der Waals surface area contributed by atoms with Crippen LogP contribution in [0.4, 0.5) is 0 Å². The summed E-state index contributed by atoms with van der Waals surface area (Å²) in [5.41, 5.74) is 2.27. The fraction of sp³-hybridized carbons (Fsp3) is 0.167. The lowest BCUT2D eigenvalue weighted by molar-refractivity contribution is -0.158. The van der Waals surface area contributed by atoms with Crippen molar-refractivity contribution in [1.82, 2.24) is 0 Å². The van der Waals surface area contributed by atoms with Crippen LogP contribution >= 0.6 is 34.8 Å². The van der Waals surface area contributed by atoms with Gasteiger partial charge in [0.1, 0.15) is 12.2 Å². The van der Waals surface area contributed by atoms with Crippen LogP contribution in [0.2, 0.25) is 15.1 Å². The molecule has 0 aliphatic carbocycles. The van der Waals surface area contributed by atoms with Crippen LogP contribution in [0.3, 0.4) is 0 Å². The maximum absolute atomic E-state index is 12.5. The number of esters is 2. The number of ether oxygens (including phenoxy) is 2. The van der Waals surface area contributed by atoms with E-state index in [9.17, 15) is 14.4 Å². The number of rotatable bonds is 4. The minimum absolute atomic E-state index is 0.0878. The molecule has 142 valence electrons. The number of aryl methyl sites for hydroxylation is 2. The monoisotopic (exact) mass is 430 g/mol. The molecule has 0 amide bonds. The van der Waals surface area contributed by atoms with Crippen LogP contribution < -0.4 is 4.74 Å². The first kappa shape index (κ1) is 21.0. The predicted molar refractivity (Wildman–Crippen MR) is 99.8 cm³/mol. The van der Waals surface area contributed by atoms with Gasteiger partial charge in [0.2, 0.25) is 0 Å². The predicted octanol–water partition coefficient (Wildman–Crippen LogP) is 4.61. The van der Waals surface area contributed by atoms with E-state index in [-0.39, 0.29) is 21.7 Å². The molecule has 2 aromatic carbocycles. The summed E-state index contributed by atoms with van der Waals surface area (Å²) in [7, 11) is 0. The standard InChI is InChI=1S/C18H13Cl3O6/c1-8-3-9(2)5-10(4-8)7-26-17(24)13-14(21)11(19)6-12(20)15(13)27-18(25)16(22)23/h3-6H,7H2,1-2H3,(H,22,23). The van der Waals surface area contributed by atoms with Gasteiger partial charge in [0.15, 0.2) is 5.75 Å². The van der Waals surface area contributed by atoms with E-state index < -0.39 is 29.2 Å². The minimum Gasteiger partial charge on any atom is -0.473 e. The quantitative estimate of drug-likeness (QED) is 0.329.